The molecule has 3 aromatic rings. The molecule has 0 saturated heterocycles. The van der Waals surface area contributed by atoms with Gasteiger partial charge in [0.2, 0.25) is 5.91 Å². The fourth-order valence-electron chi connectivity index (χ4n) is 2.93. The number of carbonyl (C=O) groups is 3. The maximum Gasteiger partial charge on any atom is 0.305 e. The first kappa shape index (κ1) is 19.2. The summed E-state index contributed by atoms with van der Waals surface area (Å²) >= 11 is 0. The number of methoxy groups -OCH3 is 1. The van der Waals surface area contributed by atoms with Gasteiger partial charge in [-0.1, -0.05) is 18.2 Å². The summed E-state index contributed by atoms with van der Waals surface area (Å²) in [7, 11) is 1.48. The average Bonchev–Trinajstić information content (AvgIpc) is 3.03. The van der Waals surface area contributed by atoms with Crippen LogP contribution in [0.25, 0.3) is 11.0 Å². The Hall–Kier alpha value is -3.61. The summed E-state index contributed by atoms with van der Waals surface area (Å²) in [6.45, 7) is 3.22. The fraction of sp³-hybridized carbons (Fsp3) is 0.190. The topological polar surface area (TPSA) is 97.6 Å². The number of rotatable bonds is 5. The Labute approximate surface area is 161 Å². The lowest BCUT2D eigenvalue weighted by atomic mass is 10.0. The number of furan rings is 1. The lowest BCUT2D eigenvalue weighted by Crippen LogP contribution is -2.42. The first-order chi connectivity index (χ1) is 13.4. The molecule has 0 unspecified atom stereocenters. The molecule has 1 heterocycles. The van der Waals surface area contributed by atoms with Crippen LogP contribution in [0.5, 0.6) is 5.75 Å². The van der Waals surface area contributed by atoms with E-state index < -0.39 is 11.8 Å². The van der Waals surface area contributed by atoms with E-state index in [2.05, 4.69) is 10.9 Å². The van der Waals surface area contributed by atoms with Crippen LogP contribution < -0.4 is 15.6 Å². The number of para-hydroxylation sites is 1. The maximum atomic E-state index is 12.4. The lowest BCUT2D eigenvalue weighted by Gasteiger charge is -2.11. The average molecular weight is 380 g/mol. The molecule has 0 aliphatic heterocycles. The van der Waals surface area contributed by atoms with Gasteiger partial charge >= 0.3 is 5.91 Å². The number of hydrazine groups is 1. The zero-order valence-corrected chi connectivity index (χ0v) is 15.8. The lowest BCUT2D eigenvalue weighted by molar-refractivity contribution is -0.121. The summed E-state index contributed by atoms with van der Waals surface area (Å²) in [6, 6.07) is 12.2. The molecular formula is C21H20N2O5. The highest BCUT2D eigenvalue weighted by Gasteiger charge is 2.18. The van der Waals surface area contributed by atoms with Crippen LogP contribution in [-0.4, -0.2) is 24.7 Å². The molecule has 0 aliphatic carbocycles. The van der Waals surface area contributed by atoms with Crippen LogP contribution in [0.15, 0.2) is 46.9 Å². The Morgan fingerprint density at radius 3 is 2.50 bits per heavy atom. The maximum absolute atomic E-state index is 12.4. The van der Waals surface area contributed by atoms with Crippen molar-refractivity contribution in [1.82, 2.24) is 10.9 Å². The van der Waals surface area contributed by atoms with Gasteiger partial charge in [0, 0.05) is 22.1 Å². The predicted molar refractivity (Wildman–Crippen MR) is 103 cm³/mol. The molecule has 0 fully saturated rings. The van der Waals surface area contributed by atoms with Crippen molar-refractivity contribution in [3.05, 3.63) is 64.9 Å². The van der Waals surface area contributed by atoms with E-state index in [1.807, 2.05) is 18.2 Å². The highest BCUT2D eigenvalue weighted by molar-refractivity contribution is 5.99. The standard InChI is InChI=1S/C21H20N2O5/c1-12-16-6-4-5-7-18(16)28-20(12)21(26)23-22-19(25)11-15-10-14(13(2)24)8-9-17(15)27-3/h4-10H,11H2,1-3H3,(H,22,25)(H,23,26). The van der Waals surface area contributed by atoms with Gasteiger partial charge < -0.3 is 9.15 Å². The molecule has 2 amide bonds. The molecule has 0 bridgehead atoms. The van der Waals surface area contributed by atoms with Gasteiger partial charge in [0.1, 0.15) is 11.3 Å². The molecule has 0 radical (unpaired) electrons. The molecule has 28 heavy (non-hydrogen) atoms. The number of Topliss-reactive ketones (excluding diaryl/α,β-unsaturated/α-hetero) is 1. The number of aryl methyl sites for hydroxylation is 1. The van der Waals surface area contributed by atoms with E-state index in [1.54, 1.807) is 31.2 Å². The van der Waals surface area contributed by atoms with Crippen LogP contribution in [0.3, 0.4) is 0 Å². The first-order valence-electron chi connectivity index (χ1n) is 8.66. The van der Waals surface area contributed by atoms with Gasteiger partial charge in [-0.3, -0.25) is 25.2 Å². The second-order valence-electron chi connectivity index (χ2n) is 6.31. The van der Waals surface area contributed by atoms with Gasteiger partial charge in [-0.15, -0.1) is 0 Å². The van der Waals surface area contributed by atoms with Gasteiger partial charge in [0.25, 0.3) is 0 Å². The second-order valence-corrected chi connectivity index (χ2v) is 6.31. The summed E-state index contributed by atoms with van der Waals surface area (Å²) in [5.74, 6) is -0.497. The molecule has 0 atom stereocenters. The third kappa shape index (κ3) is 3.88. The van der Waals surface area contributed by atoms with Crippen molar-refractivity contribution in [2.24, 2.45) is 0 Å². The summed E-state index contributed by atoms with van der Waals surface area (Å²) in [6.07, 6.45) is -0.0658. The van der Waals surface area contributed by atoms with E-state index in [0.717, 1.165) is 5.39 Å². The summed E-state index contributed by atoms with van der Waals surface area (Å²) in [5, 5.41) is 0.838. The molecule has 0 aliphatic rings. The predicted octanol–water partition coefficient (Wildman–Crippen LogP) is 2.96. The highest BCUT2D eigenvalue weighted by Crippen LogP contribution is 2.24. The quantitative estimate of drug-likeness (QED) is 0.524. The van der Waals surface area contributed by atoms with Gasteiger partial charge in [0.15, 0.2) is 11.5 Å². The number of ketones is 1. The van der Waals surface area contributed by atoms with Crippen LogP contribution in [0.4, 0.5) is 0 Å². The summed E-state index contributed by atoms with van der Waals surface area (Å²) in [5.41, 5.74) is 7.03. The molecule has 2 N–H and O–H groups in total. The third-order valence-electron chi connectivity index (χ3n) is 4.40. The second kappa shape index (κ2) is 7.96. The Balaban J connectivity index is 1.68. The first-order valence-corrected chi connectivity index (χ1v) is 8.66. The molecular weight excluding hydrogens is 360 g/mol. The van der Waals surface area contributed by atoms with E-state index in [9.17, 15) is 14.4 Å². The Morgan fingerprint density at radius 2 is 1.82 bits per heavy atom. The molecule has 3 rings (SSSR count). The smallest absolute Gasteiger partial charge is 0.305 e. The van der Waals surface area contributed by atoms with Crippen molar-refractivity contribution in [1.29, 1.82) is 0 Å². The zero-order valence-electron chi connectivity index (χ0n) is 15.8. The number of hydrogen-bond acceptors (Lipinski definition) is 5. The Morgan fingerprint density at radius 1 is 1.07 bits per heavy atom. The molecule has 0 spiro atoms. The minimum Gasteiger partial charge on any atom is -0.496 e. The van der Waals surface area contributed by atoms with Gasteiger partial charge in [0.05, 0.1) is 13.5 Å². The zero-order chi connectivity index (χ0) is 20.3. The molecule has 0 saturated carbocycles. The molecule has 7 nitrogen and oxygen atoms in total. The molecule has 1 aromatic heterocycles. The van der Waals surface area contributed by atoms with E-state index in [4.69, 9.17) is 9.15 Å². The van der Waals surface area contributed by atoms with E-state index in [-0.39, 0.29) is 18.0 Å². The van der Waals surface area contributed by atoms with Gasteiger partial charge in [-0.05, 0) is 38.1 Å². The van der Waals surface area contributed by atoms with Gasteiger partial charge in [-0.2, -0.15) is 0 Å². The van der Waals surface area contributed by atoms with Crippen LogP contribution in [0, 0.1) is 6.92 Å². The van der Waals surface area contributed by atoms with E-state index >= 15 is 0 Å². The van der Waals surface area contributed by atoms with Crippen molar-refractivity contribution in [2.45, 2.75) is 20.3 Å². The van der Waals surface area contributed by atoms with Crippen LogP contribution in [0.2, 0.25) is 0 Å². The summed E-state index contributed by atoms with van der Waals surface area (Å²) in [4.78, 5) is 36.2. The highest BCUT2D eigenvalue weighted by atomic mass is 16.5. The molecule has 7 heteroatoms. The molecule has 144 valence electrons. The number of carbonyl (C=O) groups excluding carboxylic acids is 3. The van der Waals surface area contributed by atoms with E-state index in [0.29, 0.717) is 28.0 Å². The van der Waals surface area contributed by atoms with Crippen molar-refractivity contribution in [3.8, 4) is 5.75 Å². The fourth-order valence-corrected chi connectivity index (χ4v) is 2.93. The van der Waals surface area contributed by atoms with Crippen LogP contribution in [0.1, 0.15) is 39.0 Å². The normalized spacial score (nSPS) is 10.5. The van der Waals surface area contributed by atoms with E-state index in [1.165, 1.54) is 14.0 Å². The minimum atomic E-state index is -0.550. The number of hydrogen-bond donors (Lipinski definition) is 2. The largest absolute Gasteiger partial charge is 0.496 e. The van der Waals surface area contributed by atoms with Crippen molar-refractivity contribution in [2.75, 3.05) is 7.11 Å². The number of amides is 2. The van der Waals surface area contributed by atoms with Gasteiger partial charge in [-0.25, -0.2) is 0 Å². The third-order valence-corrected chi connectivity index (χ3v) is 4.40. The number of nitrogens with one attached hydrogen (secondary N) is 2. The minimum absolute atomic E-state index is 0.0658. The summed E-state index contributed by atoms with van der Waals surface area (Å²) < 4.78 is 10.8. The van der Waals surface area contributed by atoms with Crippen molar-refractivity contribution < 1.29 is 23.5 Å². The number of ether oxygens (including phenoxy) is 1. The number of benzene rings is 2. The Bertz CT molecular complexity index is 1070. The van der Waals surface area contributed by atoms with Crippen molar-refractivity contribution in [3.63, 3.8) is 0 Å². The molecule has 2 aromatic carbocycles. The van der Waals surface area contributed by atoms with Crippen molar-refractivity contribution >= 4 is 28.6 Å². The van der Waals surface area contributed by atoms with Crippen LogP contribution >= 0.6 is 0 Å². The Kier molecular flexibility index (Phi) is 5.44. The monoisotopic (exact) mass is 380 g/mol. The SMILES string of the molecule is COc1ccc(C(C)=O)cc1CC(=O)NNC(=O)c1oc2ccccc2c1C. The van der Waals surface area contributed by atoms with Crippen LogP contribution in [-0.2, 0) is 11.2 Å². The number of fused-ring (bicyclic) bond motifs is 1.